The molecule has 61 heavy (non-hydrogen) atoms. The van der Waals surface area contributed by atoms with E-state index in [9.17, 15) is 88.6 Å². The molecule has 0 spiro atoms. The fraction of sp³-hybridized carbons (Fsp3) is 0.722. The summed E-state index contributed by atoms with van der Waals surface area (Å²) >= 11 is 0. The van der Waals surface area contributed by atoms with E-state index in [-0.39, 0.29) is 23.3 Å². The first-order valence-corrected chi connectivity index (χ1v) is 18.0. The van der Waals surface area contributed by atoms with Gasteiger partial charge in [0.2, 0.25) is 5.91 Å². The van der Waals surface area contributed by atoms with E-state index in [1.807, 2.05) is 20.8 Å². The van der Waals surface area contributed by atoms with Crippen LogP contribution in [0.1, 0.15) is 78.2 Å². The lowest BCUT2D eigenvalue weighted by Gasteiger charge is -2.36. The standard InChI is InChI=1S/C36H41F18NO6/c1-5-27(2,3)26(57)55-22-9-13-24(14-10-22)61-25(56)15-8-21-6-11-23(12-7-21)58-20-28(4,59-18-16-29(37,38)31(41,42)33(45,46)35(49,50)51)60-19-17-30(39,40)32(43,44)34(47,48)36(52,53)54/h6-8,11-12,15,22,24H,5,9-10,13-14,16-20H2,1-4H3,(H,55,57)/b15-8+. The van der Waals surface area contributed by atoms with Crippen molar-refractivity contribution in [3.8, 4) is 5.75 Å². The topological polar surface area (TPSA) is 83.1 Å². The van der Waals surface area contributed by atoms with Crippen molar-refractivity contribution in [3.63, 3.8) is 0 Å². The highest BCUT2D eigenvalue weighted by Crippen LogP contribution is 2.55. The summed E-state index contributed by atoms with van der Waals surface area (Å²) < 4.78 is 259. The number of alkyl halides is 18. The molecule has 1 aromatic carbocycles. The number of esters is 1. The summed E-state index contributed by atoms with van der Waals surface area (Å²) in [5.41, 5.74) is -0.274. The minimum atomic E-state index is -7.31. The molecule has 1 aromatic rings. The predicted octanol–water partition coefficient (Wildman–Crippen LogP) is 11.0. The zero-order chi connectivity index (χ0) is 47.3. The fourth-order valence-corrected chi connectivity index (χ4v) is 5.17. The quantitative estimate of drug-likeness (QED) is 0.0572. The fourth-order valence-electron chi connectivity index (χ4n) is 5.17. The first kappa shape index (κ1) is 53.5. The lowest BCUT2D eigenvalue weighted by Crippen LogP contribution is -2.61. The molecule has 0 bridgehead atoms. The Morgan fingerprint density at radius 1 is 0.656 bits per heavy atom. The van der Waals surface area contributed by atoms with Gasteiger partial charge in [0.15, 0.2) is 5.79 Å². The van der Waals surface area contributed by atoms with Crippen LogP contribution >= 0.6 is 0 Å². The normalized spacial score (nSPS) is 18.3. The second-order valence-electron chi connectivity index (χ2n) is 14.8. The molecule has 0 unspecified atom stereocenters. The van der Waals surface area contributed by atoms with Crippen LogP contribution < -0.4 is 10.1 Å². The Bertz CT molecular complexity index is 1580. The van der Waals surface area contributed by atoms with Crippen molar-refractivity contribution < 1.29 is 108 Å². The molecular formula is C36H41F18NO6. The van der Waals surface area contributed by atoms with Gasteiger partial charge in [-0.3, -0.25) is 4.79 Å². The van der Waals surface area contributed by atoms with Gasteiger partial charge in [-0.15, -0.1) is 0 Å². The summed E-state index contributed by atoms with van der Waals surface area (Å²) in [6.45, 7) is 0.705. The third-order valence-corrected chi connectivity index (χ3v) is 9.65. The maximum atomic E-state index is 14.1. The smallest absolute Gasteiger partial charge is 0.460 e. The molecule has 0 radical (unpaired) electrons. The van der Waals surface area contributed by atoms with Crippen LogP contribution in [0.3, 0.4) is 0 Å². The van der Waals surface area contributed by atoms with E-state index in [1.54, 1.807) is 0 Å². The number of rotatable bonds is 21. The minimum Gasteiger partial charge on any atom is -0.488 e. The minimum absolute atomic E-state index is 0.101. The van der Waals surface area contributed by atoms with E-state index in [2.05, 4.69) is 14.8 Å². The Morgan fingerprint density at radius 3 is 1.48 bits per heavy atom. The molecule has 1 aliphatic carbocycles. The first-order valence-electron chi connectivity index (χ1n) is 18.0. The Kier molecular flexibility index (Phi) is 16.7. The van der Waals surface area contributed by atoms with Crippen LogP contribution in [0.15, 0.2) is 30.3 Å². The van der Waals surface area contributed by atoms with E-state index in [0.29, 0.717) is 39.0 Å². The highest BCUT2D eigenvalue weighted by atomic mass is 19.4. The summed E-state index contributed by atoms with van der Waals surface area (Å²) in [5, 5.41) is 2.98. The molecule has 0 heterocycles. The monoisotopic (exact) mass is 925 g/mol. The second kappa shape index (κ2) is 19.0. The van der Waals surface area contributed by atoms with E-state index in [4.69, 9.17) is 9.47 Å². The van der Waals surface area contributed by atoms with E-state index < -0.39 is 104 Å². The van der Waals surface area contributed by atoms with Crippen molar-refractivity contribution >= 4 is 18.0 Å². The van der Waals surface area contributed by atoms with Gasteiger partial charge in [0, 0.05) is 30.4 Å². The number of nitrogens with one attached hydrogen (secondary N) is 1. The lowest BCUT2D eigenvalue weighted by molar-refractivity contribution is -0.399. The van der Waals surface area contributed by atoms with Gasteiger partial charge in [-0.2, -0.15) is 79.0 Å². The highest BCUT2D eigenvalue weighted by molar-refractivity contribution is 5.87. The molecule has 0 aliphatic heterocycles. The molecule has 0 atom stereocenters. The van der Waals surface area contributed by atoms with Gasteiger partial charge in [-0.1, -0.05) is 32.9 Å². The van der Waals surface area contributed by atoms with Gasteiger partial charge in [0.25, 0.3) is 0 Å². The molecule has 1 N–H and O–H groups in total. The SMILES string of the molecule is CCC(C)(C)C(=O)NC1CCC(OC(=O)/C=C/c2ccc(OCC(C)(OCCC(F)(F)C(F)(F)C(F)(F)C(F)(F)F)OCCC(F)(F)C(F)(F)C(F)(F)C(F)(F)F)cc2)CC1. The summed E-state index contributed by atoms with van der Waals surface area (Å²) in [5.74, 6) is -45.4. The Morgan fingerprint density at radius 2 is 1.08 bits per heavy atom. The van der Waals surface area contributed by atoms with Crippen LogP contribution in [-0.2, 0) is 23.8 Å². The number of amides is 1. The van der Waals surface area contributed by atoms with Gasteiger partial charge in [-0.05, 0) is 62.8 Å². The zero-order valence-corrected chi connectivity index (χ0v) is 32.4. The third-order valence-electron chi connectivity index (χ3n) is 9.65. The maximum absolute atomic E-state index is 14.1. The number of ether oxygens (including phenoxy) is 4. The molecule has 1 saturated carbocycles. The van der Waals surface area contributed by atoms with Crippen LogP contribution in [0.2, 0.25) is 0 Å². The van der Waals surface area contributed by atoms with Gasteiger partial charge in [0.1, 0.15) is 18.5 Å². The van der Waals surface area contributed by atoms with Gasteiger partial charge < -0.3 is 24.3 Å². The molecule has 0 aromatic heterocycles. The summed E-state index contributed by atoms with van der Waals surface area (Å²) in [4.78, 5) is 24.8. The highest BCUT2D eigenvalue weighted by Gasteiger charge is 2.82. The van der Waals surface area contributed by atoms with Crippen molar-refractivity contribution in [2.45, 2.75) is 138 Å². The van der Waals surface area contributed by atoms with Gasteiger partial charge in [-0.25, -0.2) is 4.79 Å². The lowest BCUT2D eigenvalue weighted by atomic mass is 9.87. The molecule has 1 aliphatic rings. The molecule has 1 amide bonds. The summed E-state index contributed by atoms with van der Waals surface area (Å²) in [7, 11) is 0. The van der Waals surface area contributed by atoms with Crippen molar-refractivity contribution in [2.24, 2.45) is 5.41 Å². The molecule has 7 nitrogen and oxygen atoms in total. The van der Waals surface area contributed by atoms with Crippen LogP contribution in [0.25, 0.3) is 6.08 Å². The van der Waals surface area contributed by atoms with Crippen LogP contribution in [0.4, 0.5) is 79.0 Å². The average Bonchev–Trinajstić information content (AvgIpc) is 3.13. The Labute approximate surface area is 336 Å². The third kappa shape index (κ3) is 12.7. The first-order chi connectivity index (χ1) is 27.4. The molecule has 25 heteroatoms. The van der Waals surface area contributed by atoms with Gasteiger partial charge >= 0.3 is 53.9 Å². The number of hydrogen-bond donors (Lipinski definition) is 1. The van der Waals surface area contributed by atoms with Crippen molar-refractivity contribution in [3.05, 3.63) is 35.9 Å². The van der Waals surface area contributed by atoms with Crippen molar-refractivity contribution in [1.29, 1.82) is 0 Å². The van der Waals surface area contributed by atoms with E-state index in [1.165, 1.54) is 18.2 Å². The van der Waals surface area contributed by atoms with Crippen molar-refractivity contribution in [1.82, 2.24) is 5.32 Å². The zero-order valence-electron chi connectivity index (χ0n) is 32.4. The number of carbonyl (C=O) groups is 2. The predicted molar refractivity (Wildman–Crippen MR) is 177 cm³/mol. The van der Waals surface area contributed by atoms with E-state index >= 15 is 0 Å². The number of carbonyl (C=O) groups excluding carboxylic acids is 2. The van der Waals surface area contributed by atoms with E-state index in [0.717, 1.165) is 18.2 Å². The van der Waals surface area contributed by atoms with Crippen LogP contribution in [0, 0.1) is 5.41 Å². The average molecular weight is 926 g/mol. The molecule has 0 saturated heterocycles. The Balaban J connectivity index is 2.14. The van der Waals surface area contributed by atoms with Crippen LogP contribution in [0.5, 0.6) is 5.75 Å². The second-order valence-corrected chi connectivity index (χ2v) is 14.8. The molecule has 2 rings (SSSR count). The number of halogens is 18. The molecule has 352 valence electrons. The van der Waals surface area contributed by atoms with Gasteiger partial charge in [0.05, 0.1) is 13.2 Å². The largest absolute Gasteiger partial charge is 0.488 e. The van der Waals surface area contributed by atoms with Crippen molar-refractivity contribution in [2.75, 3.05) is 19.8 Å². The van der Waals surface area contributed by atoms with Crippen LogP contribution in [-0.4, -0.2) is 97.5 Å². The summed E-state index contributed by atoms with van der Waals surface area (Å²) in [6, 6.07) is 4.59. The molecule has 1 fully saturated rings. The number of benzene rings is 1. The number of hydrogen-bond acceptors (Lipinski definition) is 6. The molecular weight excluding hydrogens is 884 g/mol. The summed E-state index contributed by atoms with van der Waals surface area (Å²) in [6.07, 6.45) is -15.2. The Hall–Kier alpha value is -3.64. The maximum Gasteiger partial charge on any atom is 0.460 e.